The first kappa shape index (κ1) is 12.0. The van der Waals surface area contributed by atoms with E-state index in [1.807, 2.05) is 12.2 Å². The Kier molecular flexibility index (Phi) is 5.20. The molecular weight excluding hydrogens is 158 g/mol. The smallest absolute Gasteiger partial charge is 0.0131 e. The minimum Gasteiger partial charge on any atom is -0.381 e. The van der Waals surface area contributed by atoms with Gasteiger partial charge < -0.3 is 4.90 Å². The Hall–Kier alpha value is -0.980. The maximum atomic E-state index is 3.67. The fourth-order valence-electron chi connectivity index (χ4n) is 1.16. The van der Waals surface area contributed by atoms with E-state index in [-0.39, 0.29) is 0 Å². The molecule has 1 nitrogen and oxygen atoms in total. The van der Waals surface area contributed by atoms with E-state index in [0.29, 0.717) is 5.92 Å². The highest BCUT2D eigenvalue weighted by Crippen LogP contribution is 2.17. The van der Waals surface area contributed by atoms with Crippen molar-refractivity contribution in [1.82, 2.24) is 4.90 Å². The lowest BCUT2D eigenvalue weighted by atomic mass is 10.0. The molecule has 0 atom stereocenters. The molecule has 0 saturated heterocycles. The van der Waals surface area contributed by atoms with Gasteiger partial charge in [-0.15, -0.1) is 0 Å². The summed E-state index contributed by atoms with van der Waals surface area (Å²) >= 11 is 0. The molecule has 0 N–H and O–H groups in total. The number of hydrogen-bond acceptors (Lipinski definition) is 1. The number of rotatable bonds is 4. The second-order valence-corrected chi connectivity index (χ2v) is 3.68. The van der Waals surface area contributed by atoms with Crippen molar-refractivity contribution in [3.63, 3.8) is 0 Å². The van der Waals surface area contributed by atoms with Gasteiger partial charge in [0, 0.05) is 19.8 Å². The Morgan fingerprint density at radius 2 is 1.85 bits per heavy atom. The molecule has 0 amide bonds. The molecule has 0 aromatic heterocycles. The molecule has 0 heterocycles. The molecule has 0 radical (unpaired) electrons. The second-order valence-electron chi connectivity index (χ2n) is 3.68. The largest absolute Gasteiger partial charge is 0.381 e. The minimum absolute atomic E-state index is 0.554. The highest BCUT2D eigenvalue weighted by Gasteiger charge is 2.04. The van der Waals surface area contributed by atoms with E-state index in [0.717, 1.165) is 0 Å². The second kappa shape index (κ2) is 5.63. The molecule has 0 spiro atoms. The fraction of sp³-hybridized carbons (Fsp3) is 0.500. The molecule has 0 aliphatic carbocycles. The molecule has 1 heteroatoms. The van der Waals surface area contributed by atoms with Crippen LogP contribution in [0.1, 0.15) is 20.8 Å². The van der Waals surface area contributed by atoms with Gasteiger partial charge in [-0.05, 0) is 18.4 Å². The van der Waals surface area contributed by atoms with Crippen molar-refractivity contribution in [2.45, 2.75) is 20.8 Å². The van der Waals surface area contributed by atoms with E-state index in [4.69, 9.17) is 0 Å². The van der Waals surface area contributed by atoms with Crippen LogP contribution in [0.3, 0.4) is 0 Å². The minimum atomic E-state index is 0.554. The average molecular weight is 179 g/mol. The zero-order chi connectivity index (χ0) is 10.4. The first-order valence-corrected chi connectivity index (χ1v) is 4.67. The fourth-order valence-corrected chi connectivity index (χ4v) is 1.16. The summed E-state index contributed by atoms with van der Waals surface area (Å²) in [7, 11) is 4.14. The summed E-state index contributed by atoms with van der Waals surface area (Å²) in [6.07, 6.45) is 5.93. The summed E-state index contributed by atoms with van der Waals surface area (Å²) in [5, 5.41) is 0. The first-order valence-electron chi connectivity index (χ1n) is 4.67. The Morgan fingerprint density at radius 1 is 1.31 bits per heavy atom. The lowest BCUT2D eigenvalue weighted by Gasteiger charge is -2.19. The van der Waals surface area contributed by atoms with Gasteiger partial charge in [0.15, 0.2) is 0 Å². The molecular formula is C12H21N. The molecule has 0 fully saturated rings. The molecule has 74 valence electrons. The number of allylic oxidation sites excluding steroid dienone is 5. The number of nitrogens with zero attached hydrogens (tertiary/aromatic N) is 1. The predicted molar refractivity (Wildman–Crippen MR) is 60.6 cm³/mol. The first-order chi connectivity index (χ1) is 6.00. The molecule has 0 unspecified atom stereocenters. The van der Waals surface area contributed by atoms with Gasteiger partial charge in [0.25, 0.3) is 0 Å². The monoisotopic (exact) mass is 179 g/mol. The molecule has 0 rings (SSSR count). The average Bonchev–Trinajstić information content (AvgIpc) is 2.04. The van der Waals surface area contributed by atoms with Gasteiger partial charge in [-0.2, -0.15) is 0 Å². The van der Waals surface area contributed by atoms with Crippen LogP contribution in [0.15, 0.2) is 36.1 Å². The standard InChI is InChI=1S/C12H21N/c1-7-8-9-12(10(2)3)11(4)13(5)6/h7-10H,1H2,2-6H3/b9-8-,12-11-. The molecule has 0 aromatic carbocycles. The summed E-state index contributed by atoms with van der Waals surface area (Å²) in [6.45, 7) is 10.2. The van der Waals surface area contributed by atoms with Crippen LogP contribution in [-0.2, 0) is 0 Å². The van der Waals surface area contributed by atoms with Crippen molar-refractivity contribution < 1.29 is 0 Å². The van der Waals surface area contributed by atoms with Gasteiger partial charge in [0.2, 0.25) is 0 Å². The number of hydrogen-bond donors (Lipinski definition) is 0. The third-order valence-electron chi connectivity index (χ3n) is 2.12. The van der Waals surface area contributed by atoms with E-state index in [2.05, 4.69) is 52.4 Å². The Labute approximate surface area is 82.4 Å². The highest BCUT2D eigenvalue weighted by atomic mass is 15.1. The van der Waals surface area contributed by atoms with Crippen molar-refractivity contribution in [2.24, 2.45) is 5.92 Å². The normalized spacial score (nSPS) is 13.4. The Morgan fingerprint density at radius 3 is 2.15 bits per heavy atom. The van der Waals surface area contributed by atoms with Gasteiger partial charge >= 0.3 is 0 Å². The molecule has 0 saturated carbocycles. The maximum Gasteiger partial charge on any atom is 0.0131 e. The van der Waals surface area contributed by atoms with Crippen LogP contribution < -0.4 is 0 Å². The predicted octanol–water partition coefficient (Wildman–Crippen LogP) is 3.22. The van der Waals surface area contributed by atoms with Crippen molar-refractivity contribution in [1.29, 1.82) is 0 Å². The van der Waals surface area contributed by atoms with E-state index < -0.39 is 0 Å². The van der Waals surface area contributed by atoms with Crippen LogP contribution in [0.2, 0.25) is 0 Å². The van der Waals surface area contributed by atoms with Gasteiger partial charge in [-0.3, -0.25) is 0 Å². The summed E-state index contributed by atoms with van der Waals surface area (Å²) in [4.78, 5) is 2.14. The summed E-state index contributed by atoms with van der Waals surface area (Å²) < 4.78 is 0. The van der Waals surface area contributed by atoms with E-state index >= 15 is 0 Å². The molecule has 0 aromatic rings. The van der Waals surface area contributed by atoms with Gasteiger partial charge in [-0.25, -0.2) is 0 Å². The quantitative estimate of drug-likeness (QED) is 0.599. The Balaban J connectivity index is 4.88. The van der Waals surface area contributed by atoms with Crippen molar-refractivity contribution in [3.8, 4) is 0 Å². The maximum absolute atomic E-state index is 3.67. The molecule has 0 aliphatic heterocycles. The van der Waals surface area contributed by atoms with Gasteiger partial charge in [0.1, 0.15) is 0 Å². The van der Waals surface area contributed by atoms with Gasteiger partial charge in [-0.1, -0.05) is 38.7 Å². The van der Waals surface area contributed by atoms with Crippen molar-refractivity contribution in [2.75, 3.05) is 14.1 Å². The summed E-state index contributed by atoms with van der Waals surface area (Å²) in [6, 6.07) is 0. The third kappa shape index (κ3) is 3.97. The topological polar surface area (TPSA) is 3.24 Å². The summed E-state index contributed by atoms with van der Waals surface area (Å²) in [5.41, 5.74) is 2.68. The zero-order valence-corrected chi connectivity index (χ0v) is 9.46. The van der Waals surface area contributed by atoms with Gasteiger partial charge in [0.05, 0.1) is 0 Å². The van der Waals surface area contributed by atoms with Crippen LogP contribution >= 0.6 is 0 Å². The van der Waals surface area contributed by atoms with Crippen LogP contribution in [0.4, 0.5) is 0 Å². The summed E-state index contributed by atoms with van der Waals surface area (Å²) in [5.74, 6) is 0.554. The van der Waals surface area contributed by atoms with E-state index in [1.54, 1.807) is 0 Å². The molecule has 0 bridgehead atoms. The van der Waals surface area contributed by atoms with Crippen LogP contribution in [-0.4, -0.2) is 19.0 Å². The van der Waals surface area contributed by atoms with Crippen molar-refractivity contribution >= 4 is 0 Å². The van der Waals surface area contributed by atoms with Crippen molar-refractivity contribution in [3.05, 3.63) is 36.1 Å². The highest BCUT2D eigenvalue weighted by molar-refractivity contribution is 5.27. The lowest BCUT2D eigenvalue weighted by Crippen LogP contribution is -2.12. The Bertz CT molecular complexity index is 219. The molecule has 13 heavy (non-hydrogen) atoms. The van der Waals surface area contributed by atoms with Crippen LogP contribution in [0, 0.1) is 5.92 Å². The zero-order valence-electron chi connectivity index (χ0n) is 9.46. The van der Waals surface area contributed by atoms with Crippen LogP contribution in [0.25, 0.3) is 0 Å². The van der Waals surface area contributed by atoms with E-state index in [1.165, 1.54) is 11.3 Å². The van der Waals surface area contributed by atoms with E-state index in [9.17, 15) is 0 Å². The third-order valence-corrected chi connectivity index (χ3v) is 2.12. The van der Waals surface area contributed by atoms with Crippen LogP contribution in [0.5, 0.6) is 0 Å². The SMILES string of the molecule is C=C/C=C\C(=C(/C)N(C)C)C(C)C. The lowest BCUT2D eigenvalue weighted by molar-refractivity contribution is 0.499. The molecule has 0 aliphatic rings.